The number of aliphatic hydroxyl groups is 1. The van der Waals surface area contributed by atoms with E-state index < -0.39 is 0 Å². The zero-order chi connectivity index (χ0) is 13.9. The Bertz CT molecular complexity index is 496. The second-order valence-corrected chi connectivity index (χ2v) is 5.58. The van der Waals surface area contributed by atoms with Gasteiger partial charge in [-0.05, 0) is 49.4 Å². The van der Waals surface area contributed by atoms with Gasteiger partial charge in [-0.3, -0.25) is 4.79 Å². The van der Waals surface area contributed by atoms with Gasteiger partial charge in [-0.1, -0.05) is 0 Å². The van der Waals surface area contributed by atoms with Crippen molar-refractivity contribution >= 4 is 5.91 Å². The van der Waals surface area contributed by atoms with Gasteiger partial charge in [0, 0.05) is 31.2 Å². The average Bonchev–Trinajstić information content (AvgIpc) is 2.87. The fourth-order valence-electron chi connectivity index (χ4n) is 2.87. The molecule has 4 nitrogen and oxygen atoms in total. The highest BCUT2D eigenvalue weighted by Gasteiger charge is 2.29. The fraction of sp³-hybridized carbons (Fsp3) is 0.562. The molecule has 1 amide bonds. The molecule has 20 heavy (non-hydrogen) atoms. The van der Waals surface area contributed by atoms with Crippen molar-refractivity contribution in [2.75, 3.05) is 19.8 Å². The van der Waals surface area contributed by atoms with E-state index in [-0.39, 0.29) is 12.5 Å². The van der Waals surface area contributed by atoms with Gasteiger partial charge < -0.3 is 14.7 Å². The van der Waals surface area contributed by atoms with Crippen LogP contribution in [0.5, 0.6) is 5.75 Å². The van der Waals surface area contributed by atoms with Crippen molar-refractivity contribution in [3.63, 3.8) is 0 Å². The molecule has 0 bridgehead atoms. The number of carbonyl (C=O) groups excluding carboxylic acids is 1. The van der Waals surface area contributed by atoms with Gasteiger partial charge in [0.1, 0.15) is 5.75 Å². The molecule has 1 heterocycles. The highest BCUT2D eigenvalue weighted by molar-refractivity contribution is 5.95. The van der Waals surface area contributed by atoms with Crippen LogP contribution >= 0.6 is 0 Å². The molecule has 1 aromatic carbocycles. The summed E-state index contributed by atoms with van der Waals surface area (Å²) in [5.74, 6) is 1.00. The topological polar surface area (TPSA) is 49.8 Å². The Morgan fingerprint density at radius 3 is 2.95 bits per heavy atom. The molecule has 4 heteroatoms. The molecule has 3 rings (SSSR count). The van der Waals surface area contributed by atoms with Gasteiger partial charge in [-0.15, -0.1) is 0 Å². The maximum absolute atomic E-state index is 12.7. The minimum absolute atomic E-state index is 0.0952. The lowest BCUT2D eigenvalue weighted by Gasteiger charge is -2.37. The number of carbonyl (C=O) groups is 1. The van der Waals surface area contributed by atoms with Crippen LogP contribution in [-0.2, 0) is 6.42 Å². The van der Waals surface area contributed by atoms with Gasteiger partial charge in [0.25, 0.3) is 5.91 Å². The summed E-state index contributed by atoms with van der Waals surface area (Å²) in [4.78, 5) is 14.6. The SMILES string of the molecule is O=C(c1ccc2c(c1)CCO2)N(CCCO)C1CCC1. The summed E-state index contributed by atoms with van der Waals surface area (Å²) in [5.41, 5.74) is 1.88. The van der Waals surface area contributed by atoms with E-state index >= 15 is 0 Å². The molecular formula is C16H21NO3. The zero-order valence-electron chi connectivity index (χ0n) is 11.7. The first-order chi connectivity index (χ1) is 9.79. The van der Waals surface area contributed by atoms with E-state index in [4.69, 9.17) is 9.84 Å². The normalized spacial score (nSPS) is 17.2. The van der Waals surface area contributed by atoms with Crippen LogP contribution in [0.2, 0.25) is 0 Å². The molecule has 2 aliphatic rings. The predicted molar refractivity (Wildman–Crippen MR) is 76.0 cm³/mol. The molecular weight excluding hydrogens is 254 g/mol. The first-order valence-electron chi connectivity index (χ1n) is 7.47. The smallest absolute Gasteiger partial charge is 0.254 e. The summed E-state index contributed by atoms with van der Waals surface area (Å²) < 4.78 is 5.48. The largest absolute Gasteiger partial charge is 0.493 e. The van der Waals surface area contributed by atoms with Gasteiger partial charge >= 0.3 is 0 Å². The van der Waals surface area contributed by atoms with E-state index in [1.54, 1.807) is 0 Å². The molecule has 1 fully saturated rings. The molecule has 1 saturated carbocycles. The van der Waals surface area contributed by atoms with Crippen molar-refractivity contribution in [2.24, 2.45) is 0 Å². The van der Waals surface area contributed by atoms with Gasteiger partial charge in [-0.2, -0.15) is 0 Å². The Morgan fingerprint density at radius 1 is 1.40 bits per heavy atom. The van der Waals surface area contributed by atoms with Gasteiger partial charge in [0.05, 0.1) is 6.61 Å². The van der Waals surface area contributed by atoms with Crippen LogP contribution in [0.3, 0.4) is 0 Å². The van der Waals surface area contributed by atoms with Crippen molar-refractivity contribution in [3.8, 4) is 5.75 Å². The maximum Gasteiger partial charge on any atom is 0.254 e. The summed E-state index contributed by atoms with van der Waals surface area (Å²) >= 11 is 0. The molecule has 0 spiro atoms. The Balaban J connectivity index is 1.77. The Kier molecular flexibility index (Phi) is 3.92. The highest BCUT2D eigenvalue weighted by atomic mass is 16.5. The zero-order valence-corrected chi connectivity index (χ0v) is 11.7. The van der Waals surface area contributed by atoms with Crippen molar-refractivity contribution in [3.05, 3.63) is 29.3 Å². The number of fused-ring (bicyclic) bond motifs is 1. The molecule has 0 aromatic heterocycles. The first-order valence-corrected chi connectivity index (χ1v) is 7.47. The molecule has 0 saturated heterocycles. The Hall–Kier alpha value is -1.55. The minimum atomic E-state index is 0.0952. The van der Waals surface area contributed by atoms with Crippen molar-refractivity contribution in [1.82, 2.24) is 4.90 Å². The van der Waals surface area contributed by atoms with Crippen LogP contribution < -0.4 is 4.74 Å². The molecule has 1 aliphatic heterocycles. The number of benzene rings is 1. The quantitative estimate of drug-likeness (QED) is 0.894. The van der Waals surface area contributed by atoms with Crippen LogP contribution in [-0.4, -0.2) is 41.7 Å². The van der Waals surface area contributed by atoms with Crippen LogP contribution in [0.4, 0.5) is 0 Å². The van der Waals surface area contributed by atoms with E-state index in [1.165, 1.54) is 6.42 Å². The number of ether oxygens (including phenoxy) is 1. The third-order valence-electron chi connectivity index (χ3n) is 4.27. The summed E-state index contributed by atoms with van der Waals surface area (Å²) in [7, 11) is 0. The number of hydrogen-bond donors (Lipinski definition) is 1. The minimum Gasteiger partial charge on any atom is -0.493 e. The number of rotatable bonds is 5. The molecule has 0 unspecified atom stereocenters. The molecule has 1 aliphatic carbocycles. The van der Waals surface area contributed by atoms with E-state index in [9.17, 15) is 4.79 Å². The van der Waals surface area contributed by atoms with Gasteiger partial charge in [0.2, 0.25) is 0 Å². The lowest BCUT2D eigenvalue weighted by molar-refractivity contribution is 0.0562. The number of hydrogen-bond acceptors (Lipinski definition) is 3. The fourth-order valence-corrected chi connectivity index (χ4v) is 2.87. The molecule has 1 aromatic rings. The maximum atomic E-state index is 12.7. The van der Waals surface area contributed by atoms with Crippen LogP contribution in [0, 0.1) is 0 Å². The average molecular weight is 275 g/mol. The molecule has 0 atom stereocenters. The summed E-state index contributed by atoms with van der Waals surface area (Å²) in [6.45, 7) is 1.49. The Morgan fingerprint density at radius 2 is 2.25 bits per heavy atom. The molecule has 108 valence electrons. The van der Waals surface area contributed by atoms with Gasteiger partial charge in [0.15, 0.2) is 0 Å². The number of nitrogens with zero attached hydrogens (tertiary/aromatic N) is 1. The van der Waals surface area contributed by atoms with Crippen molar-refractivity contribution in [2.45, 2.75) is 38.1 Å². The van der Waals surface area contributed by atoms with Gasteiger partial charge in [-0.25, -0.2) is 0 Å². The van der Waals surface area contributed by atoms with Crippen LogP contribution in [0.1, 0.15) is 41.6 Å². The lowest BCUT2D eigenvalue weighted by Crippen LogP contribution is -2.45. The summed E-state index contributed by atoms with van der Waals surface area (Å²) in [6.07, 6.45) is 4.91. The standard InChI is InChI=1S/C16H21NO3/c18-9-2-8-17(14-3-1-4-14)16(19)13-5-6-15-12(11-13)7-10-20-15/h5-6,11,14,18H,1-4,7-10H2. The van der Waals surface area contributed by atoms with Crippen LogP contribution in [0.25, 0.3) is 0 Å². The predicted octanol–water partition coefficient (Wildman–Crippen LogP) is 2.00. The highest BCUT2D eigenvalue weighted by Crippen LogP contribution is 2.29. The summed E-state index contributed by atoms with van der Waals surface area (Å²) in [6, 6.07) is 6.09. The van der Waals surface area contributed by atoms with E-state index in [0.717, 1.165) is 36.1 Å². The third-order valence-corrected chi connectivity index (χ3v) is 4.27. The van der Waals surface area contributed by atoms with E-state index in [2.05, 4.69) is 0 Å². The van der Waals surface area contributed by atoms with Crippen molar-refractivity contribution < 1.29 is 14.6 Å². The van der Waals surface area contributed by atoms with E-state index in [0.29, 0.717) is 25.6 Å². The number of amides is 1. The summed E-state index contributed by atoms with van der Waals surface area (Å²) in [5, 5.41) is 9.01. The molecule has 1 N–H and O–H groups in total. The monoisotopic (exact) mass is 275 g/mol. The Labute approximate surface area is 119 Å². The van der Waals surface area contributed by atoms with E-state index in [1.807, 2.05) is 23.1 Å². The second kappa shape index (κ2) is 5.83. The lowest BCUT2D eigenvalue weighted by atomic mass is 9.90. The third kappa shape index (κ3) is 2.52. The van der Waals surface area contributed by atoms with Crippen LogP contribution in [0.15, 0.2) is 18.2 Å². The van der Waals surface area contributed by atoms with Crippen molar-refractivity contribution in [1.29, 1.82) is 0 Å². The first kappa shape index (κ1) is 13.4. The molecule has 0 radical (unpaired) electrons. The number of aliphatic hydroxyl groups excluding tert-OH is 1. The second-order valence-electron chi connectivity index (χ2n) is 5.58.